The maximum atomic E-state index is 5.45. The smallest absolute Gasteiger partial charge is 0.127 e. The Morgan fingerprint density at radius 3 is 2.59 bits per heavy atom. The second-order valence-electron chi connectivity index (χ2n) is 4.75. The van der Waals surface area contributed by atoms with Crippen LogP contribution in [0.25, 0.3) is 0 Å². The van der Waals surface area contributed by atoms with Crippen molar-refractivity contribution in [3.63, 3.8) is 0 Å². The first kappa shape index (κ1) is 12.2. The van der Waals surface area contributed by atoms with E-state index in [4.69, 9.17) is 9.47 Å². The molecule has 1 aliphatic rings. The molecule has 17 heavy (non-hydrogen) atoms. The Balaban J connectivity index is 2.19. The molecule has 1 aliphatic heterocycles. The highest BCUT2D eigenvalue weighted by Gasteiger charge is 2.21. The molecule has 0 spiro atoms. The molecule has 3 nitrogen and oxygen atoms in total. The Kier molecular flexibility index (Phi) is 3.89. The minimum absolute atomic E-state index is 0.409. The van der Waals surface area contributed by atoms with Gasteiger partial charge in [-0.2, -0.15) is 0 Å². The molecule has 0 aromatic heterocycles. The number of rotatable bonds is 3. The third kappa shape index (κ3) is 2.72. The standard InChI is InChI=1S/C14H21NO2/c1-10-4-7-13(15-9-10)12-6-5-11(16-2)8-14(12)17-3/h5-6,8,10,13,15H,4,7,9H2,1-3H3. The molecule has 1 heterocycles. The zero-order valence-electron chi connectivity index (χ0n) is 10.8. The van der Waals surface area contributed by atoms with E-state index in [1.54, 1.807) is 14.2 Å². The van der Waals surface area contributed by atoms with E-state index in [2.05, 4.69) is 18.3 Å². The quantitative estimate of drug-likeness (QED) is 0.874. The molecule has 0 bridgehead atoms. The van der Waals surface area contributed by atoms with Gasteiger partial charge in [-0.05, 0) is 31.4 Å². The van der Waals surface area contributed by atoms with Gasteiger partial charge in [-0.3, -0.25) is 0 Å². The van der Waals surface area contributed by atoms with Crippen LogP contribution >= 0.6 is 0 Å². The fourth-order valence-corrected chi connectivity index (χ4v) is 2.37. The van der Waals surface area contributed by atoms with E-state index >= 15 is 0 Å². The molecular formula is C14H21NO2. The highest BCUT2D eigenvalue weighted by molar-refractivity contribution is 5.42. The Morgan fingerprint density at radius 2 is 2.00 bits per heavy atom. The van der Waals surface area contributed by atoms with Gasteiger partial charge in [0.2, 0.25) is 0 Å². The lowest BCUT2D eigenvalue weighted by molar-refractivity contribution is 0.320. The van der Waals surface area contributed by atoms with Gasteiger partial charge in [-0.1, -0.05) is 13.0 Å². The van der Waals surface area contributed by atoms with Crippen molar-refractivity contribution in [2.24, 2.45) is 5.92 Å². The van der Waals surface area contributed by atoms with Crippen LogP contribution in [0.4, 0.5) is 0 Å². The molecule has 1 N–H and O–H groups in total. The zero-order chi connectivity index (χ0) is 12.3. The van der Waals surface area contributed by atoms with E-state index in [1.165, 1.54) is 18.4 Å². The number of hydrogen-bond acceptors (Lipinski definition) is 3. The SMILES string of the molecule is COc1ccc(C2CCC(C)CN2)c(OC)c1. The fraction of sp³-hybridized carbons (Fsp3) is 0.571. The molecule has 1 aromatic rings. The van der Waals surface area contributed by atoms with Gasteiger partial charge in [0, 0.05) is 17.7 Å². The number of ether oxygens (including phenoxy) is 2. The van der Waals surface area contributed by atoms with Gasteiger partial charge in [-0.15, -0.1) is 0 Å². The number of hydrogen-bond donors (Lipinski definition) is 1. The van der Waals surface area contributed by atoms with Gasteiger partial charge in [-0.25, -0.2) is 0 Å². The summed E-state index contributed by atoms with van der Waals surface area (Å²) in [6.07, 6.45) is 2.44. The predicted molar refractivity (Wildman–Crippen MR) is 68.7 cm³/mol. The monoisotopic (exact) mass is 235 g/mol. The minimum atomic E-state index is 0.409. The molecule has 0 amide bonds. The third-order valence-electron chi connectivity index (χ3n) is 3.48. The number of methoxy groups -OCH3 is 2. The van der Waals surface area contributed by atoms with Gasteiger partial charge in [0.25, 0.3) is 0 Å². The first-order valence-corrected chi connectivity index (χ1v) is 6.20. The van der Waals surface area contributed by atoms with Crippen molar-refractivity contribution >= 4 is 0 Å². The summed E-state index contributed by atoms with van der Waals surface area (Å²) in [4.78, 5) is 0. The van der Waals surface area contributed by atoms with Crippen LogP contribution in [0.5, 0.6) is 11.5 Å². The molecule has 1 fully saturated rings. The van der Waals surface area contributed by atoms with Gasteiger partial charge in [0.05, 0.1) is 14.2 Å². The Bertz CT molecular complexity index is 370. The van der Waals surface area contributed by atoms with Crippen molar-refractivity contribution in [1.29, 1.82) is 0 Å². The first-order chi connectivity index (χ1) is 8.24. The van der Waals surface area contributed by atoms with E-state index in [0.717, 1.165) is 24.0 Å². The largest absolute Gasteiger partial charge is 0.497 e. The van der Waals surface area contributed by atoms with E-state index in [1.807, 2.05) is 12.1 Å². The molecule has 3 heteroatoms. The lowest BCUT2D eigenvalue weighted by Gasteiger charge is -2.29. The van der Waals surface area contributed by atoms with E-state index < -0.39 is 0 Å². The van der Waals surface area contributed by atoms with Crippen LogP contribution in [-0.2, 0) is 0 Å². The maximum absolute atomic E-state index is 5.45. The summed E-state index contributed by atoms with van der Waals surface area (Å²) in [5.74, 6) is 2.53. The average Bonchev–Trinajstić information content (AvgIpc) is 2.39. The van der Waals surface area contributed by atoms with Gasteiger partial charge in [0.1, 0.15) is 11.5 Å². The lowest BCUT2D eigenvalue weighted by atomic mass is 9.91. The summed E-state index contributed by atoms with van der Waals surface area (Å²) >= 11 is 0. The molecule has 1 aromatic carbocycles. The van der Waals surface area contributed by atoms with Crippen molar-refractivity contribution in [3.05, 3.63) is 23.8 Å². The third-order valence-corrected chi connectivity index (χ3v) is 3.48. The molecule has 0 aliphatic carbocycles. The Labute approximate surface area is 103 Å². The zero-order valence-corrected chi connectivity index (χ0v) is 10.8. The fourth-order valence-electron chi connectivity index (χ4n) is 2.37. The van der Waals surface area contributed by atoms with Crippen LogP contribution in [0.15, 0.2) is 18.2 Å². The van der Waals surface area contributed by atoms with E-state index in [0.29, 0.717) is 6.04 Å². The highest BCUT2D eigenvalue weighted by Crippen LogP contribution is 2.34. The van der Waals surface area contributed by atoms with Crippen molar-refractivity contribution < 1.29 is 9.47 Å². The summed E-state index contributed by atoms with van der Waals surface area (Å²) in [5, 5.41) is 3.58. The van der Waals surface area contributed by atoms with E-state index in [-0.39, 0.29) is 0 Å². The molecule has 2 unspecified atom stereocenters. The summed E-state index contributed by atoms with van der Waals surface area (Å²) in [5.41, 5.74) is 1.24. The average molecular weight is 235 g/mol. The van der Waals surface area contributed by atoms with Crippen molar-refractivity contribution in [1.82, 2.24) is 5.32 Å². The van der Waals surface area contributed by atoms with Crippen LogP contribution in [0.3, 0.4) is 0 Å². The summed E-state index contributed by atoms with van der Waals surface area (Å²) in [6, 6.07) is 6.46. The Hall–Kier alpha value is -1.22. The van der Waals surface area contributed by atoms with Crippen LogP contribution < -0.4 is 14.8 Å². The van der Waals surface area contributed by atoms with Crippen LogP contribution in [0, 0.1) is 5.92 Å². The number of nitrogens with one attached hydrogen (secondary N) is 1. The normalized spacial score (nSPS) is 24.4. The predicted octanol–water partition coefficient (Wildman–Crippen LogP) is 2.76. The summed E-state index contributed by atoms with van der Waals surface area (Å²) < 4.78 is 10.7. The van der Waals surface area contributed by atoms with Crippen LogP contribution in [0.2, 0.25) is 0 Å². The molecule has 1 saturated heterocycles. The highest BCUT2D eigenvalue weighted by atomic mass is 16.5. The van der Waals surface area contributed by atoms with Crippen molar-refractivity contribution in [3.8, 4) is 11.5 Å². The van der Waals surface area contributed by atoms with Crippen LogP contribution in [0.1, 0.15) is 31.4 Å². The van der Waals surface area contributed by atoms with Crippen molar-refractivity contribution in [2.45, 2.75) is 25.8 Å². The molecule has 0 radical (unpaired) electrons. The molecule has 2 rings (SSSR count). The van der Waals surface area contributed by atoms with Gasteiger partial charge in [0.15, 0.2) is 0 Å². The summed E-state index contributed by atoms with van der Waals surface area (Å²) in [6.45, 7) is 3.37. The summed E-state index contributed by atoms with van der Waals surface area (Å²) in [7, 11) is 3.39. The van der Waals surface area contributed by atoms with Crippen molar-refractivity contribution in [2.75, 3.05) is 20.8 Å². The molecule has 94 valence electrons. The molecular weight excluding hydrogens is 214 g/mol. The van der Waals surface area contributed by atoms with Gasteiger partial charge >= 0.3 is 0 Å². The minimum Gasteiger partial charge on any atom is -0.497 e. The maximum Gasteiger partial charge on any atom is 0.127 e. The number of piperidine rings is 1. The lowest BCUT2D eigenvalue weighted by Crippen LogP contribution is -2.32. The Morgan fingerprint density at radius 1 is 1.18 bits per heavy atom. The van der Waals surface area contributed by atoms with E-state index in [9.17, 15) is 0 Å². The molecule has 2 atom stereocenters. The molecule has 0 saturated carbocycles. The first-order valence-electron chi connectivity index (χ1n) is 6.20. The second-order valence-corrected chi connectivity index (χ2v) is 4.75. The van der Waals surface area contributed by atoms with Crippen LogP contribution in [-0.4, -0.2) is 20.8 Å². The van der Waals surface area contributed by atoms with Gasteiger partial charge < -0.3 is 14.8 Å². The topological polar surface area (TPSA) is 30.5 Å². The number of benzene rings is 1. The second kappa shape index (κ2) is 5.41.